The van der Waals surface area contributed by atoms with Gasteiger partial charge in [0.2, 0.25) is 0 Å². The molecular weight excluding hydrogens is 160 g/mol. The number of aliphatic carboxylic acids is 1. The van der Waals surface area contributed by atoms with Crippen LogP contribution in [-0.2, 0) is 14.3 Å². The van der Waals surface area contributed by atoms with Crippen molar-refractivity contribution in [3.05, 3.63) is 12.7 Å². The third-order valence-corrected chi connectivity index (χ3v) is 1.20. The second-order valence-electron chi connectivity index (χ2n) is 2.15. The predicted octanol–water partition coefficient (Wildman–Crippen LogP) is 1.02. The Morgan fingerprint density at radius 3 is 2.67 bits per heavy atom. The number of carbonyl (C=O) groups is 1. The zero-order chi connectivity index (χ0) is 9.56. The molecule has 0 aliphatic carbocycles. The van der Waals surface area contributed by atoms with Crippen LogP contribution in [0.5, 0.6) is 0 Å². The predicted molar refractivity (Wildman–Crippen MR) is 43.8 cm³/mol. The van der Waals surface area contributed by atoms with Gasteiger partial charge in [0.15, 0.2) is 12.4 Å². The standard InChI is InChI=1S/C8H14O4/c1-4-7(8(9)10)12-6(3)11-5-2/h4,6-7H,1,5H2,2-3H3,(H,9,10). The van der Waals surface area contributed by atoms with Gasteiger partial charge in [0.25, 0.3) is 0 Å². The molecule has 0 heterocycles. The van der Waals surface area contributed by atoms with Crippen LogP contribution >= 0.6 is 0 Å². The first-order valence-electron chi connectivity index (χ1n) is 3.74. The van der Waals surface area contributed by atoms with Gasteiger partial charge in [-0.15, -0.1) is 0 Å². The lowest BCUT2D eigenvalue weighted by atomic mass is 10.3. The largest absolute Gasteiger partial charge is 0.479 e. The maximum absolute atomic E-state index is 10.4. The Kier molecular flexibility index (Phi) is 5.32. The Morgan fingerprint density at radius 1 is 1.75 bits per heavy atom. The van der Waals surface area contributed by atoms with E-state index >= 15 is 0 Å². The fourth-order valence-corrected chi connectivity index (χ4v) is 0.695. The van der Waals surface area contributed by atoms with Crippen molar-refractivity contribution in [2.45, 2.75) is 26.2 Å². The molecule has 1 N–H and O–H groups in total. The Bertz CT molecular complexity index is 155. The van der Waals surface area contributed by atoms with Crippen molar-refractivity contribution >= 4 is 5.97 Å². The van der Waals surface area contributed by atoms with E-state index in [-0.39, 0.29) is 0 Å². The lowest BCUT2D eigenvalue weighted by molar-refractivity contribution is -0.174. The first kappa shape index (κ1) is 11.1. The molecular formula is C8H14O4. The summed E-state index contributed by atoms with van der Waals surface area (Å²) < 4.78 is 9.95. The SMILES string of the molecule is C=CC(OC(C)OCC)C(=O)O. The van der Waals surface area contributed by atoms with Gasteiger partial charge < -0.3 is 14.6 Å². The van der Waals surface area contributed by atoms with E-state index in [0.717, 1.165) is 0 Å². The molecule has 0 saturated carbocycles. The van der Waals surface area contributed by atoms with Crippen LogP contribution in [0.25, 0.3) is 0 Å². The van der Waals surface area contributed by atoms with Gasteiger partial charge in [-0.3, -0.25) is 0 Å². The summed E-state index contributed by atoms with van der Waals surface area (Å²) in [6.45, 7) is 7.28. The Hall–Kier alpha value is -0.870. The molecule has 0 rings (SSSR count). The highest BCUT2D eigenvalue weighted by atomic mass is 16.7. The van der Waals surface area contributed by atoms with Crippen LogP contribution in [0, 0.1) is 0 Å². The maximum Gasteiger partial charge on any atom is 0.336 e. The van der Waals surface area contributed by atoms with E-state index in [9.17, 15) is 4.79 Å². The van der Waals surface area contributed by atoms with Crippen molar-refractivity contribution in [1.82, 2.24) is 0 Å². The zero-order valence-corrected chi connectivity index (χ0v) is 7.32. The second kappa shape index (κ2) is 5.74. The maximum atomic E-state index is 10.4. The average molecular weight is 174 g/mol. The van der Waals surface area contributed by atoms with Crippen LogP contribution in [-0.4, -0.2) is 30.1 Å². The minimum Gasteiger partial charge on any atom is -0.479 e. The van der Waals surface area contributed by atoms with Crippen molar-refractivity contribution in [3.63, 3.8) is 0 Å². The Balaban J connectivity index is 3.85. The van der Waals surface area contributed by atoms with E-state index in [1.54, 1.807) is 6.92 Å². The molecule has 0 amide bonds. The van der Waals surface area contributed by atoms with Crippen LogP contribution in [0.4, 0.5) is 0 Å². The third kappa shape index (κ3) is 4.10. The monoisotopic (exact) mass is 174 g/mol. The van der Waals surface area contributed by atoms with E-state index in [2.05, 4.69) is 6.58 Å². The van der Waals surface area contributed by atoms with Gasteiger partial charge in [0.1, 0.15) is 0 Å². The van der Waals surface area contributed by atoms with Crippen molar-refractivity contribution < 1.29 is 19.4 Å². The molecule has 0 bridgehead atoms. The summed E-state index contributed by atoms with van der Waals surface area (Å²) in [7, 11) is 0. The molecule has 0 aromatic rings. The zero-order valence-electron chi connectivity index (χ0n) is 7.32. The summed E-state index contributed by atoms with van der Waals surface area (Å²) in [6.07, 6.45) is -0.293. The molecule has 0 saturated heterocycles. The molecule has 0 radical (unpaired) electrons. The number of rotatable bonds is 6. The van der Waals surface area contributed by atoms with Gasteiger partial charge in [0, 0.05) is 6.61 Å². The van der Waals surface area contributed by atoms with Crippen LogP contribution < -0.4 is 0 Å². The molecule has 0 fully saturated rings. The minimum absolute atomic E-state index is 0.491. The van der Waals surface area contributed by atoms with E-state index in [4.69, 9.17) is 14.6 Å². The van der Waals surface area contributed by atoms with Crippen molar-refractivity contribution in [2.75, 3.05) is 6.61 Å². The molecule has 0 aromatic heterocycles. The van der Waals surface area contributed by atoms with Gasteiger partial charge in [-0.25, -0.2) is 4.79 Å². The number of ether oxygens (including phenoxy) is 2. The van der Waals surface area contributed by atoms with Gasteiger partial charge >= 0.3 is 5.97 Å². The van der Waals surface area contributed by atoms with E-state index in [1.165, 1.54) is 6.08 Å². The van der Waals surface area contributed by atoms with Gasteiger partial charge in [-0.05, 0) is 13.8 Å². The fourth-order valence-electron chi connectivity index (χ4n) is 0.695. The van der Waals surface area contributed by atoms with Gasteiger partial charge in [-0.1, -0.05) is 12.7 Å². The van der Waals surface area contributed by atoms with Crippen LogP contribution in [0.1, 0.15) is 13.8 Å². The van der Waals surface area contributed by atoms with Crippen LogP contribution in [0.3, 0.4) is 0 Å². The average Bonchev–Trinajstić information content (AvgIpc) is 2.00. The highest BCUT2D eigenvalue weighted by Gasteiger charge is 2.16. The molecule has 0 aliphatic rings. The lowest BCUT2D eigenvalue weighted by Gasteiger charge is -2.15. The number of carboxylic acids is 1. The van der Waals surface area contributed by atoms with Crippen molar-refractivity contribution in [3.8, 4) is 0 Å². The van der Waals surface area contributed by atoms with Crippen LogP contribution in [0.2, 0.25) is 0 Å². The third-order valence-electron chi connectivity index (χ3n) is 1.20. The molecule has 2 atom stereocenters. The van der Waals surface area contributed by atoms with E-state index < -0.39 is 18.4 Å². The molecule has 0 aliphatic heterocycles. The first-order chi connectivity index (χ1) is 5.61. The van der Waals surface area contributed by atoms with Gasteiger partial charge in [0.05, 0.1) is 0 Å². The summed E-state index contributed by atoms with van der Waals surface area (Å²) >= 11 is 0. The quantitative estimate of drug-likeness (QED) is 0.482. The lowest BCUT2D eigenvalue weighted by Crippen LogP contribution is -2.27. The summed E-state index contributed by atoms with van der Waals surface area (Å²) in [5.41, 5.74) is 0. The number of hydrogen-bond donors (Lipinski definition) is 1. The molecule has 12 heavy (non-hydrogen) atoms. The molecule has 70 valence electrons. The van der Waals surface area contributed by atoms with Crippen LogP contribution in [0.15, 0.2) is 12.7 Å². The molecule has 0 spiro atoms. The Labute approximate surface area is 71.8 Å². The van der Waals surface area contributed by atoms with E-state index in [0.29, 0.717) is 6.61 Å². The highest BCUT2D eigenvalue weighted by molar-refractivity contribution is 5.74. The van der Waals surface area contributed by atoms with Crippen molar-refractivity contribution in [2.24, 2.45) is 0 Å². The summed E-state index contributed by atoms with van der Waals surface area (Å²) in [4.78, 5) is 10.4. The number of hydrogen-bond acceptors (Lipinski definition) is 3. The minimum atomic E-state index is -1.06. The first-order valence-corrected chi connectivity index (χ1v) is 3.74. The highest BCUT2D eigenvalue weighted by Crippen LogP contribution is 2.01. The normalized spacial score (nSPS) is 15.2. The summed E-state index contributed by atoms with van der Waals surface area (Å²) in [6, 6.07) is 0. The second-order valence-corrected chi connectivity index (χ2v) is 2.15. The fraction of sp³-hybridized carbons (Fsp3) is 0.625. The molecule has 4 heteroatoms. The molecule has 0 aromatic carbocycles. The van der Waals surface area contributed by atoms with E-state index in [1.807, 2.05) is 6.92 Å². The topological polar surface area (TPSA) is 55.8 Å². The summed E-state index contributed by atoms with van der Waals surface area (Å²) in [5.74, 6) is -1.06. The summed E-state index contributed by atoms with van der Waals surface area (Å²) in [5, 5.41) is 8.54. The van der Waals surface area contributed by atoms with Gasteiger partial charge in [-0.2, -0.15) is 0 Å². The molecule has 2 unspecified atom stereocenters. The van der Waals surface area contributed by atoms with Crippen molar-refractivity contribution in [1.29, 1.82) is 0 Å². The number of carboxylic acid groups (broad SMARTS) is 1. The molecule has 4 nitrogen and oxygen atoms in total. The smallest absolute Gasteiger partial charge is 0.336 e. The Morgan fingerprint density at radius 2 is 2.33 bits per heavy atom.